The van der Waals surface area contributed by atoms with Gasteiger partial charge in [0.15, 0.2) is 5.69 Å². The van der Waals surface area contributed by atoms with Gasteiger partial charge in [0.05, 0.1) is 24.6 Å². The number of hydrogen-bond donors (Lipinski definition) is 1. The molecule has 0 bridgehead atoms. The lowest BCUT2D eigenvalue weighted by Crippen LogP contribution is -2.36. The van der Waals surface area contributed by atoms with Crippen LogP contribution >= 0.6 is 0 Å². The van der Waals surface area contributed by atoms with E-state index >= 15 is 0 Å². The maximum absolute atomic E-state index is 12.6. The fraction of sp³-hybridized carbons (Fsp3) is 0.250. The molecule has 7 heteroatoms. The molecule has 0 saturated carbocycles. The molecule has 1 aromatic heterocycles. The lowest BCUT2D eigenvalue weighted by Gasteiger charge is -2.28. The van der Waals surface area contributed by atoms with Crippen molar-refractivity contribution in [2.75, 3.05) is 36.5 Å². The Morgan fingerprint density at radius 1 is 1.00 bits per heavy atom. The summed E-state index contributed by atoms with van der Waals surface area (Å²) in [6, 6.07) is 17.5. The molecule has 2 aromatic carbocycles. The molecule has 0 atom stereocenters. The zero-order chi connectivity index (χ0) is 18.6. The lowest BCUT2D eigenvalue weighted by molar-refractivity contribution is 0.102. The standard InChI is InChI=1S/C20H21N5O2/c1-15-19(22-23-25(15)18-5-3-2-4-6-18)20(26)21-16-7-9-17(10-8-16)24-11-13-27-14-12-24/h2-10H,11-14H2,1H3,(H,21,26). The van der Waals surface area contributed by atoms with Gasteiger partial charge in [-0.15, -0.1) is 5.10 Å². The van der Waals surface area contributed by atoms with Crippen LogP contribution in [0.5, 0.6) is 0 Å². The van der Waals surface area contributed by atoms with Crippen molar-refractivity contribution in [3.8, 4) is 5.69 Å². The van der Waals surface area contributed by atoms with Gasteiger partial charge in [-0.05, 0) is 43.3 Å². The molecule has 27 heavy (non-hydrogen) atoms. The second-order valence-electron chi connectivity index (χ2n) is 6.37. The molecular formula is C20H21N5O2. The Kier molecular flexibility index (Phi) is 4.84. The van der Waals surface area contributed by atoms with E-state index in [2.05, 4.69) is 20.5 Å². The van der Waals surface area contributed by atoms with Crippen LogP contribution in [-0.2, 0) is 4.74 Å². The summed E-state index contributed by atoms with van der Waals surface area (Å²) in [6.07, 6.45) is 0. The molecule has 1 saturated heterocycles. The molecule has 0 spiro atoms. The van der Waals surface area contributed by atoms with E-state index in [0.717, 1.165) is 43.4 Å². The van der Waals surface area contributed by atoms with Gasteiger partial charge in [-0.25, -0.2) is 4.68 Å². The molecule has 1 fully saturated rings. The first-order chi connectivity index (χ1) is 13.2. The predicted molar refractivity (Wildman–Crippen MR) is 104 cm³/mol. The first-order valence-electron chi connectivity index (χ1n) is 8.94. The molecular weight excluding hydrogens is 342 g/mol. The number of rotatable bonds is 4. The van der Waals surface area contributed by atoms with E-state index in [9.17, 15) is 4.79 Å². The van der Waals surface area contributed by atoms with E-state index in [1.54, 1.807) is 4.68 Å². The van der Waals surface area contributed by atoms with E-state index in [1.165, 1.54) is 0 Å². The van der Waals surface area contributed by atoms with Crippen LogP contribution in [0.3, 0.4) is 0 Å². The fourth-order valence-corrected chi connectivity index (χ4v) is 3.12. The van der Waals surface area contributed by atoms with Crippen molar-refractivity contribution in [1.29, 1.82) is 0 Å². The van der Waals surface area contributed by atoms with Gasteiger partial charge in [-0.3, -0.25) is 4.79 Å². The van der Waals surface area contributed by atoms with Crippen LogP contribution in [-0.4, -0.2) is 47.2 Å². The Hall–Kier alpha value is -3.19. The van der Waals surface area contributed by atoms with Gasteiger partial charge in [0.2, 0.25) is 0 Å². The number of nitrogens with one attached hydrogen (secondary N) is 1. The summed E-state index contributed by atoms with van der Waals surface area (Å²) in [5.74, 6) is -0.270. The summed E-state index contributed by atoms with van der Waals surface area (Å²) in [4.78, 5) is 14.9. The van der Waals surface area contributed by atoms with Gasteiger partial charge in [0.25, 0.3) is 5.91 Å². The second kappa shape index (κ2) is 7.59. The van der Waals surface area contributed by atoms with Crippen LogP contribution in [0.25, 0.3) is 5.69 Å². The highest BCUT2D eigenvalue weighted by Crippen LogP contribution is 2.20. The number of nitrogens with zero attached hydrogens (tertiary/aromatic N) is 4. The van der Waals surface area contributed by atoms with Gasteiger partial charge in [0, 0.05) is 24.5 Å². The van der Waals surface area contributed by atoms with Crippen molar-refractivity contribution in [2.45, 2.75) is 6.92 Å². The summed E-state index contributed by atoms with van der Waals surface area (Å²) in [6.45, 7) is 5.09. The average Bonchev–Trinajstić information content (AvgIpc) is 3.11. The van der Waals surface area contributed by atoms with Crippen LogP contribution in [0.4, 0.5) is 11.4 Å². The van der Waals surface area contributed by atoms with Crippen LogP contribution in [0.15, 0.2) is 54.6 Å². The third kappa shape index (κ3) is 3.68. The molecule has 3 aromatic rings. The summed E-state index contributed by atoms with van der Waals surface area (Å²) in [5, 5.41) is 11.1. The largest absolute Gasteiger partial charge is 0.378 e. The lowest BCUT2D eigenvalue weighted by atomic mass is 10.2. The fourth-order valence-electron chi connectivity index (χ4n) is 3.12. The Morgan fingerprint density at radius 3 is 2.41 bits per heavy atom. The topological polar surface area (TPSA) is 72.3 Å². The van der Waals surface area contributed by atoms with E-state index in [1.807, 2.05) is 61.5 Å². The van der Waals surface area contributed by atoms with Crippen molar-refractivity contribution >= 4 is 17.3 Å². The van der Waals surface area contributed by atoms with E-state index in [0.29, 0.717) is 11.4 Å². The SMILES string of the molecule is Cc1c(C(=O)Nc2ccc(N3CCOCC3)cc2)nnn1-c1ccccc1. The summed E-state index contributed by atoms with van der Waals surface area (Å²) in [5.41, 5.74) is 3.74. The van der Waals surface area contributed by atoms with Gasteiger partial charge in [-0.2, -0.15) is 0 Å². The number of aromatic nitrogens is 3. The van der Waals surface area contributed by atoms with Crippen molar-refractivity contribution in [3.63, 3.8) is 0 Å². The smallest absolute Gasteiger partial charge is 0.278 e. The number of anilines is 2. The van der Waals surface area contributed by atoms with Gasteiger partial charge in [0.1, 0.15) is 0 Å². The van der Waals surface area contributed by atoms with Crippen LogP contribution in [0.2, 0.25) is 0 Å². The maximum Gasteiger partial charge on any atom is 0.278 e. The third-order valence-electron chi connectivity index (χ3n) is 4.61. The highest BCUT2D eigenvalue weighted by atomic mass is 16.5. The number of amides is 1. The molecule has 1 amide bonds. The molecule has 0 radical (unpaired) electrons. The number of ether oxygens (including phenoxy) is 1. The average molecular weight is 363 g/mol. The number of hydrogen-bond acceptors (Lipinski definition) is 5. The van der Waals surface area contributed by atoms with Crippen molar-refractivity contribution in [2.24, 2.45) is 0 Å². The van der Waals surface area contributed by atoms with Crippen LogP contribution in [0.1, 0.15) is 16.2 Å². The zero-order valence-electron chi connectivity index (χ0n) is 15.1. The summed E-state index contributed by atoms with van der Waals surface area (Å²) >= 11 is 0. The predicted octanol–water partition coefficient (Wildman–Crippen LogP) is 2.66. The Balaban J connectivity index is 1.47. The van der Waals surface area contributed by atoms with E-state index < -0.39 is 0 Å². The van der Waals surface area contributed by atoms with Crippen molar-refractivity contribution < 1.29 is 9.53 Å². The molecule has 2 heterocycles. The number of carbonyl (C=O) groups excluding carboxylic acids is 1. The number of benzene rings is 2. The summed E-state index contributed by atoms with van der Waals surface area (Å²) in [7, 11) is 0. The first kappa shape index (κ1) is 17.2. The minimum atomic E-state index is -0.270. The highest BCUT2D eigenvalue weighted by Gasteiger charge is 2.18. The van der Waals surface area contributed by atoms with Crippen molar-refractivity contribution in [1.82, 2.24) is 15.0 Å². The van der Waals surface area contributed by atoms with E-state index in [-0.39, 0.29) is 5.91 Å². The number of carbonyl (C=O) groups is 1. The molecule has 1 aliphatic rings. The summed E-state index contributed by atoms with van der Waals surface area (Å²) < 4.78 is 7.04. The second-order valence-corrected chi connectivity index (χ2v) is 6.37. The highest BCUT2D eigenvalue weighted by molar-refractivity contribution is 6.03. The van der Waals surface area contributed by atoms with Crippen LogP contribution < -0.4 is 10.2 Å². The van der Waals surface area contributed by atoms with E-state index in [4.69, 9.17) is 4.74 Å². The first-order valence-corrected chi connectivity index (χ1v) is 8.94. The number of para-hydroxylation sites is 1. The van der Waals surface area contributed by atoms with Gasteiger partial charge >= 0.3 is 0 Å². The molecule has 1 aliphatic heterocycles. The Bertz CT molecular complexity index is 915. The molecule has 0 aliphatic carbocycles. The molecule has 7 nitrogen and oxygen atoms in total. The Labute approximate surface area is 157 Å². The Morgan fingerprint density at radius 2 is 1.70 bits per heavy atom. The minimum Gasteiger partial charge on any atom is -0.378 e. The van der Waals surface area contributed by atoms with Crippen molar-refractivity contribution in [3.05, 3.63) is 66.0 Å². The minimum absolute atomic E-state index is 0.270. The molecule has 0 unspecified atom stereocenters. The molecule has 1 N–H and O–H groups in total. The normalized spacial score (nSPS) is 14.2. The molecule has 138 valence electrons. The zero-order valence-corrected chi connectivity index (χ0v) is 15.1. The van der Waals surface area contributed by atoms with Gasteiger partial charge in [-0.1, -0.05) is 23.4 Å². The quantitative estimate of drug-likeness (QED) is 0.772. The van der Waals surface area contributed by atoms with Gasteiger partial charge < -0.3 is 15.0 Å². The monoisotopic (exact) mass is 363 g/mol. The molecule has 4 rings (SSSR count). The maximum atomic E-state index is 12.6. The third-order valence-corrected chi connectivity index (χ3v) is 4.61. The number of morpholine rings is 1. The van der Waals surface area contributed by atoms with Crippen LogP contribution in [0, 0.1) is 6.92 Å².